The van der Waals surface area contributed by atoms with Gasteiger partial charge in [-0.05, 0) is 43.4 Å². The number of aryl methyl sites for hydroxylation is 1. The molecule has 1 aliphatic rings. The molecule has 0 saturated carbocycles. The topological polar surface area (TPSA) is 186 Å². The van der Waals surface area contributed by atoms with Crippen LogP contribution in [0.25, 0.3) is 0 Å². The van der Waals surface area contributed by atoms with E-state index in [1.54, 1.807) is 0 Å². The Balaban J connectivity index is 1.75. The van der Waals surface area contributed by atoms with Gasteiger partial charge in [-0.25, -0.2) is 9.18 Å². The Morgan fingerprint density at radius 2 is 1.25 bits per heavy atom. The van der Waals surface area contributed by atoms with E-state index in [1.807, 2.05) is 12.1 Å². The fourth-order valence-electron chi connectivity index (χ4n) is 6.85. The first-order valence-corrected chi connectivity index (χ1v) is 20.5. The Morgan fingerprint density at radius 1 is 0.736 bits per heavy atom. The Bertz CT molecular complexity index is 1100. The Labute approximate surface area is 316 Å². The number of nitrogens with one attached hydrogen (secondary N) is 1. The highest BCUT2D eigenvalue weighted by atomic mass is 19.1. The Hall–Kier alpha value is -2.19. The molecule has 1 saturated heterocycles. The van der Waals surface area contributed by atoms with E-state index in [0.29, 0.717) is 19.3 Å². The number of benzene rings is 1. The number of carbonyl (C=O) groups is 2. The van der Waals surface area contributed by atoms with Crippen molar-refractivity contribution in [2.24, 2.45) is 0 Å². The van der Waals surface area contributed by atoms with E-state index in [4.69, 9.17) is 9.47 Å². The van der Waals surface area contributed by atoms with Gasteiger partial charge in [0, 0.05) is 6.42 Å². The molecular weight excluding hydrogens is 685 g/mol. The van der Waals surface area contributed by atoms with Crippen molar-refractivity contribution < 1.29 is 54.1 Å². The number of hydrogen-bond donors (Lipinski definition) is 7. The molecule has 0 bridgehead atoms. The number of carboxylic acids is 1. The summed E-state index contributed by atoms with van der Waals surface area (Å²) in [6, 6.07) is 5.53. The second-order valence-corrected chi connectivity index (χ2v) is 14.9. The molecule has 1 aliphatic heterocycles. The third kappa shape index (κ3) is 19.8. The molecule has 306 valence electrons. The summed E-state index contributed by atoms with van der Waals surface area (Å²) in [6.07, 6.45) is 11.7. The Morgan fingerprint density at radius 3 is 1.79 bits per heavy atom. The first-order chi connectivity index (χ1) is 25.5. The van der Waals surface area contributed by atoms with E-state index in [1.165, 1.54) is 63.5 Å². The summed E-state index contributed by atoms with van der Waals surface area (Å²) in [4.78, 5) is 24.4. The van der Waals surface area contributed by atoms with Gasteiger partial charge in [0.2, 0.25) is 5.91 Å². The summed E-state index contributed by atoms with van der Waals surface area (Å²) in [7, 11) is 0. The predicted molar refractivity (Wildman–Crippen MR) is 202 cm³/mol. The highest BCUT2D eigenvalue weighted by molar-refractivity contribution is 5.76. The number of carbonyl (C=O) groups excluding carboxylic acids is 1. The number of unbranched alkanes of at least 4 members (excludes halogenated alkanes) is 18. The smallest absolute Gasteiger partial charge is 0.335 e. The zero-order valence-electron chi connectivity index (χ0n) is 32.1. The molecule has 8 atom stereocenters. The van der Waals surface area contributed by atoms with Gasteiger partial charge in [-0.1, -0.05) is 135 Å². The third-order valence-electron chi connectivity index (χ3n) is 10.3. The van der Waals surface area contributed by atoms with Crippen molar-refractivity contribution in [3.05, 3.63) is 35.6 Å². The minimum atomic E-state index is -1.88. The molecule has 2 rings (SSSR count). The van der Waals surface area contributed by atoms with Crippen LogP contribution in [0.15, 0.2) is 24.3 Å². The maximum Gasteiger partial charge on any atom is 0.335 e. The Kier molecular flexibility index (Phi) is 25.0. The third-order valence-corrected chi connectivity index (χ3v) is 10.3. The molecule has 0 spiro atoms. The van der Waals surface area contributed by atoms with E-state index < -0.39 is 61.5 Å². The molecule has 0 aromatic heterocycles. The van der Waals surface area contributed by atoms with Crippen molar-refractivity contribution in [1.29, 1.82) is 0 Å². The lowest BCUT2D eigenvalue weighted by Gasteiger charge is -2.39. The van der Waals surface area contributed by atoms with Gasteiger partial charge >= 0.3 is 5.97 Å². The van der Waals surface area contributed by atoms with Crippen molar-refractivity contribution in [1.82, 2.24) is 5.32 Å². The maximum absolute atomic E-state index is 13.1. The molecule has 1 heterocycles. The van der Waals surface area contributed by atoms with Crippen LogP contribution >= 0.6 is 0 Å². The largest absolute Gasteiger partial charge is 0.479 e. The molecule has 11 nitrogen and oxygen atoms in total. The van der Waals surface area contributed by atoms with Crippen LogP contribution in [0, 0.1) is 5.82 Å². The summed E-state index contributed by atoms with van der Waals surface area (Å²) < 4.78 is 23.8. The highest BCUT2D eigenvalue weighted by Crippen LogP contribution is 2.23. The number of hydrogen-bond acceptors (Lipinski definition) is 9. The van der Waals surface area contributed by atoms with E-state index in [9.17, 15) is 44.6 Å². The quantitative estimate of drug-likeness (QED) is 0.0438. The van der Waals surface area contributed by atoms with Gasteiger partial charge in [0.05, 0.1) is 18.8 Å². The number of amides is 1. The minimum absolute atomic E-state index is 0.199. The lowest BCUT2D eigenvalue weighted by atomic mass is 9.98. The fraction of sp³-hybridized carbons (Fsp3) is 0.805. The fourth-order valence-corrected chi connectivity index (χ4v) is 6.85. The van der Waals surface area contributed by atoms with Crippen LogP contribution in [0.3, 0.4) is 0 Å². The monoisotopic (exact) mass is 755 g/mol. The number of halogens is 1. The second kappa shape index (κ2) is 28.3. The van der Waals surface area contributed by atoms with E-state index in [2.05, 4.69) is 12.2 Å². The summed E-state index contributed by atoms with van der Waals surface area (Å²) >= 11 is 0. The van der Waals surface area contributed by atoms with Crippen LogP contribution < -0.4 is 5.32 Å². The van der Waals surface area contributed by atoms with Crippen molar-refractivity contribution in [3.63, 3.8) is 0 Å². The SMILES string of the molecule is CCCCCCCCCCCCCC[C@@H](O)[C@@H](O)[C@H](CO[C@H]1O[C@H](C(=O)O)[C@H](O)[C@H](O)[C@H]1O)NC(=O)CCCCCCCCCCc1ccc(F)cc1. The zero-order valence-corrected chi connectivity index (χ0v) is 32.1. The number of carboxylic acid groups (broad SMARTS) is 1. The average Bonchev–Trinajstić information content (AvgIpc) is 3.14. The minimum Gasteiger partial charge on any atom is -0.479 e. The van der Waals surface area contributed by atoms with Gasteiger partial charge in [-0.2, -0.15) is 0 Å². The van der Waals surface area contributed by atoms with Gasteiger partial charge < -0.3 is 45.4 Å². The van der Waals surface area contributed by atoms with E-state index in [0.717, 1.165) is 76.2 Å². The van der Waals surface area contributed by atoms with Gasteiger partial charge in [0.1, 0.15) is 30.2 Å². The van der Waals surface area contributed by atoms with Gasteiger partial charge in [0.25, 0.3) is 0 Å². The number of aliphatic carboxylic acids is 1. The highest BCUT2D eigenvalue weighted by Gasteiger charge is 2.47. The molecule has 1 fully saturated rings. The second-order valence-electron chi connectivity index (χ2n) is 14.9. The molecule has 1 amide bonds. The van der Waals surface area contributed by atoms with Crippen molar-refractivity contribution in [2.45, 2.75) is 204 Å². The van der Waals surface area contributed by atoms with Crippen LogP contribution in [0.5, 0.6) is 0 Å². The van der Waals surface area contributed by atoms with Gasteiger partial charge in [-0.3, -0.25) is 4.79 Å². The van der Waals surface area contributed by atoms with Gasteiger partial charge in [-0.15, -0.1) is 0 Å². The predicted octanol–water partition coefficient (Wildman–Crippen LogP) is 6.09. The molecule has 7 N–H and O–H groups in total. The summed E-state index contributed by atoms with van der Waals surface area (Å²) in [6.45, 7) is 1.78. The first kappa shape index (κ1) is 47.0. The first-order valence-electron chi connectivity index (χ1n) is 20.5. The summed E-state index contributed by atoms with van der Waals surface area (Å²) in [5.74, 6) is -2.12. The number of ether oxygens (including phenoxy) is 2. The molecule has 1 aromatic carbocycles. The molecule has 53 heavy (non-hydrogen) atoms. The zero-order chi connectivity index (χ0) is 38.8. The molecule has 0 radical (unpaired) electrons. The van der Waals surface area contributed by atoms with Crippen LogP contribution in [-0.2, 0) is 25.5 Å². The van der Waals surface area contributed by atoms with Gasteiger partial charge in [0.15, 0.2) is 12.4 Å². The molecule has 1 aromatic rings. The van der Waals surface area contributed by atoms with E-state index in [-0.39, 0.29) is 18.1 Å². The lowest BCUT2D eigenvalue weighted by Crippen LogP contribution is -2.61. The van der Waals surface area contributed by atoms with Crippen molar-refractivity contribution in [2.75, 3.05) is 6.61 Å². The molecule has 12 heteroatoms. The lowest BCUT2D eigenvalue weighted by molar-refractivity contribution is -0.296. The van der Waals surface area contributed by atoms with Crippen LogP contribution in [0.4, 0.5) is 4.39 Å². The molecule has 0 aliphatic carbocycles. The van der Waals surface area contributed by atoms with Crippen LogP contribution in [-0.4, -0.2) is 98.1 Å². The number of rotatable bonds is 31. The summed E-state index contributed by atoms with van der Waals surface area (Å²) in [5, 5.41) is 64.5. The molecule has 0 unspecified atom stereocenters. The normalized spacial score (nSPS) is 22.0. The number of aliphatic hydroxyl groups excluding tert-OH is 5. The summed E-state index contributed by atoms with van der Waals surface area (Å²) in [5.41, 5.74) is 1.14. The average molecular weight is 756 g/mol. The standard InChI is InChI=1S/C41H70FNO10/c1-2-3-4-5-6-7-8-9-10-14-17-20-23-33(44)35(46)32(29-52-41-38(49)36(47)37(48)39(53-41)40(50)51)43-34(45)24-21-18-15-12-11-13-16-19-22-30-25-27-31(42)28-26-30/h25-28,32-33,35-39,41,44,46-49H,2-24,29H2,1H3,(H,43,45)(H,50,51)/t32-,33+,35-,36-,37+,38+,39-,41-/m0/s1. The number of aliphatic hydroxyl groups is 5. The van der Waals surface area contributed by atoms with Crippen LogP contribution in [0.1, 0.15) is 154 Å². The van der Waals surface area contributed by atoms with E-state index >= 15 is 0 Å². The van der Waals surface area contributed by atoms with Crippen molar-refractivity contribution >= 4 is 11.9 Å². The maximum atomic E-state index is 13.1. The van der Waals surface area contributed by atoms with Crippen molar-refractivity contribution in [3.8, 4) is 0 Å². The molecular formula is C41H70FNO10. The van der Waals surface area contributed by atoms with Crippen LogP contribution in [0.2, 0.25) is 0 Å².